The average Bonchev–Trinajstić information content (AvgIpc) is 3.45. The molecule has 144 valence electrons. The third-order valence-corrected chi connectivity index (χ3v) is 4.98. The Morgan fingerprint density at radius 2 is 1.93 bits per heavy atom. The molecule has 2 amide bonds. The number of aryl methyl sites for hydroxylation is 1. The average molecular weight is 376 g/mol. The highest BCUT2D eigenvalue weighted by Gasteiger charge is 2.40. The first kappa shape index (κ1) is 17.6. The van der Waals surface area contributed by atoms with Crippen LogP contribution in [-0.2, 0) is 11.8 Å². The first-order valence-electron chi connectivity index (χ1n) is 8.95. The molecule has 3 heterocycles. The molecule has 1 aromatic heterocycles. The van der Waals surface area contributed by atoms with Gasteiger partial charge in [-0.1, -0.05) is 0 Å². The highest BCUT2D eigenvalue weighted by molar-refractivity contribution is 6.18. The molecule has 0 N–H and O–H groups in total. The molecule has 27 heavy (non-hydrogen) atoms. The normalized spacial score (nSPS) is 23.2. The van der Waals surface area contributed by atoms with Gasteiger partial charge in [0.05, 0.1) is 12.8 Å². The fraction of sp³-hybridized carbons (Fsp3) is 0.588. The predicted molar refractivity (Wildman–Crippen MR) is 94.7 cm³/mol. The smallest absolute Gasteiger partial charge is 0.289 e. The molecular weight excluding hydrogens is 355 g/mol. The van der Waals surface area contributed by atoms with E-state index in [1.54, 1.807) is 18.1 Å². The molecule has 2 fully saturated rings. The van der Waals surface area contributed by atoms with Gasteiger partial charge in [0, 0.05) is 45.3 Å². The van der Waals surface area contributed by atoms with E-state index >= 15 is 0 Å². The topological polar surface area (TPSA) is 92.4 Å². The number of carbonyl (C=O) groups is 2. The van der Waals surface area contributed by atoms with Gasteiger partial charge in [-0.25, -0.2) is 9.38 Å². The Hall–Kier alpha value is -2.78. The van der Waals surface area contributed by atoms with Crippen molar-refractivity contribution < 1.29 is 18.7 Å². The maximum absolute atomic E-state index is 14.0. The van der Waals surface area contributed by atoms with Crippen molar-refractivity contribution in [3.8, 4) is 5.88 Å². The van der Waals surface area contributed by atoms with Crippen molar-refractivity contribution in [2.45, 2.75) is 19.0 Å². The van der Waals surface area contributed by atoms with E-state index in [0.29, 0.717) is 43.3 Å². The third-order valence-electron chi connectivity index (χ3n) is 4.98. The Balaban J connectivity index is 1.44. The van der Waals surface area contributed by atoms with Crippen LogP contribution in [-0.4, -0.2) is 82.5 Å². The molecule has 0 radical (unpaired) electrons. The largest absolute Gasteiger partial charge is 0.479 e. The highest BCUT2D eigenvalue weighted by Crippen LogP contribution is 2.34. The molecule has 2 aliphatic heterocycles. The molecule has 0 bridgehead atoms. The van der Waals surface area contributed by atoms with Gasteiger partial charge in [0.15, 0.2) is 0 Å². The number of guanidine groups is 1. The summed E-state index contributed by atoms with van der Waals surface area (Å²) in [5.41, 5.74) is 0.719. The van der Waals surface area contributed by atoms with Crippen LogP contribution in [0.5, 0.6) is 5.88 Å². The van der Waals surface area contributed by atoms with Crippen molar-refractivity contribution in [2.24, 2.45) is 23.0 Å². The van der Waals surface area contributed by atoms with Crippen LogP contribution in [0.25, 0.3) is 0 Å². The first-order chi connectivity index (χ1) is 13.0. The molecular formula is C17H21FN6O3. The summed E-state index contributed by atoms with van der Waals surface area (Å²) < 4.78 is 20.7. The zero-order valence-corrected chi connectivity index (χ0v) is 15.3. The number of halogens is 1. The monoisotopic (exact) mass is 376 g/mol. The van der Waals surface area contributed by atoms with Crippen molar-refractivity contribution in [3.63, 3.8) is 0 Å². The van der Waals surface area contributed by atoms with E-state index in [-0.39, 0.29) is 17.8 Å². The van der Waals surface area contributed by atoms with Crippen LogP contribution in [0.1, 0.15) is 23.2 Å². The molecule has 0 spiro atoms. The van der Waals surface area contributed by atoms with Crippen LogP contribution < -0.4 is 4.74 Å². The lowest BCUT2D eigenvalue weighted by Gasteiger charge is -2.35. The maximum Gasteiger partial charge on any atom is 0.289 e. The molecule has 1 saturated carbocycles. The maximum atomic E-state index is 14.0. The Morgan fingerprint density at radius 1 is 1.22 bits per heavy atom. The molecule has 10 heteroatoms. The number of carbonyl (C=O) groups excluding carboxylic acids is 2. The second-order valence-corrected chi connectivity index (χ2v) is 6.93. The van der Waals surface area contributed by atoms with Gasteiger partial charge in [0.2, 0.25) is 18.0 Å². The van der Waals surface area contributed by atoms with Gasteiger partial charge in [-0.15, -0.1) is 5.10 Å². The minimum Gasteiger partial charge on any atom is -0.479 e. The predicted octanol–water partition coefficient (Wildman–Crippen LogP) is 0.272. The number of rotatable bonds is 3. The summed E-state index contributed by atoms with van der Waals surface area (Å²) in [5.74, 6) is -0.315. The summed E-state index contributed by atoms with van der Waals surface area (Å²) in [6.45, 7) is 1.83. The number of aliphatic imine (C=N–C) groups is 2. The van der Waals surface area contributed by atoms with Gasteiger partial charge in [-0.05, 0) is 12.8 Å². The minimum absolute atomic E-state index is 0.0652. The van der Waals surface area contributed by atoms with Gasteiger partial charge in [-0.2, -0.15) is 4.99 Å². The summed E-state index contributed by atoms with van der Waals surface area (Å²) in [6.07, 6.45) is 1.66. The molecule has 1 saturated heterocycles. The van der Waals surface area contributed by atoms with Gasteiger partial charge in [0.25, 0.3) is 11.8 Å². The van der Waals surface area contributed by atoms with E-state index in [1.165, 1.54) is 11.8 Å². The Bertz CT molecular complexity index is 836. The summed E-state index contributed by atoms with van der Waals surface area (Å²) >= 11 is 0. The zero-order chi connectivity index (χ0) is 19.1. The summed E-state index contributed by atoms with van der Waals surface area (Å²) in [5, 5.41) is 4.11. The summed E-state index contributed by atoms with van der Waals surface area (Å²) in [7, 11) is 3.20. The molecule has 9 nitrogen and oxygen atoms in total. The van der Waals surface area contributed by atoms with E-state index in [9.17, 15) is 14.0 Å². The SMILES string of the molecule is COc1nn(C)cc1C(=O)N1CCN(C2=NC(=O)C(F)C(C3CC3)=N2)CC1. The molecule has 1 unspecified atom stereocenters. The van der Waals surface area contributed by atoms with Crippen molar-refractivity contribution in [2.75, 3.05) is 33.3 Å². The van der Waals surface area contributed by atoms with Gasteiger partial charge in [-0.3, -0.25) is 14.3 Å². The fourth-order valence-electron chi connectivity index (χ4n) is 3.34. The van der Waals surface area contributed by atoms with Crippen LogP contribution in [0, 0.1) is 5.92 Å². The highest BCUT2D eigenvalue weighted by atomic mass is 19.1. The Labute approximate surface area is 155 Å². The van der Waals surface area contributed by atoms with Crippen molar-refractivity contribution in [1.82, 2.24) is 19.6 Å². The molecule has 1 aliphatic carbocycles. The fourth-order valence-corrected chi connectivity index (χ4v) is 3.34. The minimum atomic E-state index is -1.71. The summed E-state index contributed by atoms with van der Waals surface area (Å²) in [6, 6.07) is 0. The van der Waals surface area contributed by atoms with E-state index < -0.39 is 12.1 Å². The molecule has 4 rings (SSSR count). The number of hydrogen-bond acceptors (Lipinski definition) is 6. The number of alkyl halides is 1. The van der Waals surface area contributed by atoms with E-state index in [0.717, 1.165) is 12.8 Å². The van der Waals surface area contributed by atoms with E-state index in [2.05, 4.69) is 15.1 Å². The summed E-state index contributed by atoms with van der Waals surface area (Å²) in [4.78, 5) is 36.3. The van der Waals surface area contributed by atoms with Crippen molar-refractivity contribution in [1.29, 1.82) is 0 Å². The van der Waals surface area contributed by atoms with Crippen LogP contribution in [0.15, 0.2) is 16.2 Å². The second-order valence-electron chi connectivity index (χ2n) is 6.93. The number of aromatic nitrogens is 2. The van der Waals surface area contributed by atoms with Crippen LogP contribution in [0.2, 0.25) is 0 Å². The van der Waals surface area contributed by atoms with Crippen LogP contribution in [0.3, 0.4) is 0 Å². The Morgan fingerprint density at radius 3 is 2.56 bits per heavy atom. The number of hydrogen-bond donors (Lipinski definition) is 0. The van der Waals surface area contributed by atoms with Crippen LogP contribution >= 0.6 is 0 Å². The zero-order valence-electron chi connectivity index (χ0n) is 15.3. The standard InChI is InChI=1S/C17H21FN6O3/c1-22-9-11(15(21-22)27-2)16(26)23-5-7-24(8-6-23)17-19-13(10-3-4-10)12(18)14(25)20-17/h9-10,12H,3-8H2,1-2H3. The first-order valence-corrected chi connectivity index (χ1v) is 8.95. The molecule has 1 aromatic rings. The quantitative estimate of drug-likeness (QED) is 0.755. The number of ether oxygens (including phenoxy) is 1. The molecule has 1 atom stereocenters. The van der Waals surface area contributed by atoms with E-state index in [1.807, 2.05) is 4.90 Å². The van der Waals surface area contributed by atoms with Gasteiger partial charge < -0.3 is 14.5 Å². The van der Waals surface area contributed by atoms with Gasteiger partial charge in [0.1, 0.15) is 5.56 Å². The number of nitrogens with zero attached hydrogens (tertiary/aromatic N) is 6. The molecule has 3 aliphatic rings. The van der Waals surface area contributed by atoms with Crippen molar-refractivity contribution in [3.05, 3.63) is 11.8 Å². The number of amides is 2. The van der Waals surface area contributed by atoms with E-state index in [4.69, 9.17) is 4.74 Å². The van der Waals surface area contributed by atoms with Gasteiger partial charge >= 0.3 is 0 Å². The lowest BCUT2D eigenvalue weighted by molar-refractivity contribution is -0.120. The van der Waals surface area contributed by atoms with Crippen molar-refractivity contribution >= 4 is 23.5 Å². The lowest BCUT2D eigenvalue weighted by atomic mass is 10.1. The Kier molecular flexibility index (Phi) is 4.40. The second kappa shape index (κ2) is 6.75. The third kappa shape index (κ3) is 3.31. The number of methoxy groups -OCH3 is 1. The number of piperazine rings is 1. The van der Waals surface area contributed by atoms with Crippen LogP contribution in [0.4, 0.5) is 4.39 Å². The molecule has 0 aromatic carbocycles. The lowest BCUT2D eigenvalue weighted by Crippen LogP contribution is -2.51.